The summed E-state index contributed by atoms with van der Waals surface area (Å²) in [6, 6.07) is 0. The molecular weight excluding hydrogens is 194 g/mol. The molecule has 1 fully saturated rings. The van der Waals surface area contributed by atoms with Crippen LogP contribution in [0.15, 0.2) is 0 Å². The first-order chi connectivity index (χ1) is 6.52. The molecule has 0 aromatic heterocycles. The number of rotatable bonds is 5. The van der Waals surface area contributed by atoms with Gasteiger partial charge in [0, 0.05) is 12.0 Å². The van der Waals surface area contributed by atoms with Crippen molar-refractivity contribution in [2.45, 2.75) is 52.1 Å². The fourth-order valence-electron chi connectivity index (χ4n) is 1.66. The third-order valence-corrected chi connectivity index (χ3v) is 3.60. The molecule has 14 heavy (non-hydrogen) atoms. The Labute approximate surface area is 92.2 Å². The van der Waals surface area contributed by atoms with Gasteiger partial charge in [0.1, 0.15) is 0 Å². The monoisotopic (exact) mass is 215 g/mol. The van der Waals surface area contributed by atoms with Crippen molar-refractivity contribution in [2.75, 3.05) is 6.61 Å². The Morgan fingerprint density at radius 2 is 2.00 bits per heavy atom. The van der Waals surface area contributed by atoms with Gasteiger partial charge >= 0.3 is 0 Å². The predicted octanol–water partition coefficient (Wildman–Crippen LogP) is 2.65. The van der Waals surface area contributed by atoms with E-state index in [4.69, 9.17) is 22.7 Å². The van der Waals surface area contributed by atoms with Crippen molar-refractivity contribution in [3.8, 4) is 0 Å². The summed E-state index contributed by atoms with van der Waals surface area (Å²) in [6.07, 6.45) is 6.53. The van der Waals surface area contributed by atoms with Crippen LogP contribution in [0.25, 0.3) is 0 Å². The summed E-state index contributed by atoms with van der Waals surface area (Å²) in [7, 11) is 0. The van der Waals surface area contributed by atoms with Crippen molar-refractivity contribution < 1.29 is 4.74 Å². The zero-order valence-corrected chi connectivity index (χ0v) is 10.0. The van der Waals surface area contributed by atoms with E-state index in [9.17, 15) is 0 Å². The quantitative estimate of drug-likeness (QED) is 0.716. The average Bonchev–Trinajstić information content (AvgIpc) is 2.56. The highest BCUT2D eigenvalue weighted by Gasteiger charge is 2.22. The Balaban J connectivity index is 2.16. The molecule has 0 aromatic carbocycles. The average molecular weight is 215 g/mol. The number of hydrogen-bond donors (Lipinski definition) is 1. The maximum absolute atomic E-state index is 5.77. The predicted molar refractivity (Wildman–Crippen MR) is 63.4 cm³/mol. The van der Waals surface area contributed by atoms with Gasteiger partial charge in [0.2, 0.25) is 0 Å². The molecule has 0 bridgehead atoms. The first-order valence-electron chi connectivity index (χ1n) is 5.44. The van der Waals surface area contributed by atoms with Crippen molar-refractivity contribution in [1.29, 1.82) is 0 Å². The standard InChI is InChI=1S/C11H21NOS/c1-11(2,10(12)14)7-8-13-9-5-3-4-6-9/h9H,3-8H2,1-2H3,(H2,12,14). The van der Waals surface area contributed by atoms with Gasteiger partial charge in [-0.15, -0.1) is 0 Å². The van der Waals surface area contributed by atoms with Crippen LogP contribution in [0, 0.1) is 5.41 Å². The molecule has 0 aliphatic heterocycles. The van der Waals surface area contributed by atoms with Gasteiger partial charge < -0.3 is 10.5 Å². The summed E-state index contributed by atoms with van der Waals surface area (Å²) >= 11 is 5.00. The fourth-order valence-corrected chi connectivity index (χ4v) is 1.76. The lowest BCUT2D eigenvalue weighted by Gasteiger charge is -2.23. The number of ether oxygens (including phenoxy) is 1. The van der Waals surface area contributed by atoms with Crippen LogP contribution in [0.5, 0.6) is 0 Å². The Hall–Kier alpha value is -0.150. The molecule has 2 nitrogen and oxygen atoms in total. The molecule has 2 N–H and O–H groups in total. The van der Waals surface area contributed by atoms with E-state index in [1.807, 2.05) is 0 Å². The van der Waals surface area contributed by atoms with Crippen molar-refractivity contribution >= 4 is 17.2 Å². The zero-order chi connectivity index (χ0) is 10.6. The van der Waals surface area contributed by atoms with Crippen LogP contribution in [0.3, 0.4) is 0 Å². The Morgan fingerprint density at radius 3 is 2.50 bits per heavy atom. The molecule has 0 heterocycles. The van der Waals surface area contributed by atoms with Crippen molar-refractivity contribution in [1.82, 2.24) is 0 Å². The van der Waals surface area contributed by atoms with Gasteiger partial charge in [-0.1, -0.05) is 38.9 Å². The van der Waals surface area contributed by atoms with Crippen molar-refractivity contribution in [3.05, 3.63) is 0 Å². The lowest BCUT2D eigenvalue weighted by Crippen LogP contribution is -2.31. The molecule has 1 aliphatic rings. The summed E-state index contributed by atoms with van der Waals surface area (Å²) in [5.41, 5.74) is 5.58. The minimum atomic E-state index is -0.0616. The molecule has 3 heteroatoms. The molecule has 82 valence electrons. The minimum Gasteiger partial charge on any atom is -0.393 e. The zero-order valence-electron chi connectivity index (χ0n) is 9.21. The summed E-state index contributed by atoms with van der Waals surface area (Å²) in [5, 5.41) is 0. The topological polar surface area (TPSA) is 35.2 Å². The summed E-state index contributed by atoms with van der Waals surface area (Å²) in [5.74, 6) is 0. The van der Waals surface area contributed by atoms with Crippen molar-refractivity contribution in [3.63, 3.8) is 0 Å². The molecule has 1 aliphatic carbocycles. The minimum absolute atomic E-state index is 0.0616. The number of nitrogens with two attached hydrogens (primary N) is 1. The highest BCUT2D eigenvalue weighted by Crippen LogP contribution is 2.24. The fraction of sp³-hybridized carbons (Fsp3) is 0.909. The van der Waals surface area contributed by atoms with E-state index < -0.39 is 0 Å². The second kappa shape index (κ2) is 5.08. The first-order valence-corrected chi connectivity index (χ1v) is 5.85. The van der Waals surface area contributed by atoms with Gasteiger partial charge in [0.15, 0.2) is 0 Å². The summed E-state index contributed by atoms with van der Waals surface area (Å²) in [6.45, 7) is 4.94. The van der Waals surface area contributed by atoms with Crippen LogP contribution in [0.1, 0.15) is 46.0 Å². The van der Waals surface area contributed by atoms with E-state index in [0.717, 1.165) is 13.0 Å². The third kappa shape index (κ3) is 3.54. The molecule has 0 unspecified atom stereocenters. The van der Waals surface area contributed by atoms with Crippen LogP contribution in [-0.4, -0.2) is 17.7 Å². The molecule has 0 amide bonds. The van der Waals surface area contributed by atoms with Crippen LogP contribution in [0.4, 0.5) is 0 Å². The van der Waals surface area contributed by atoms with Gasteiger partial charge in [-0.2, -0.15) is 0 Å². The molecule has 1 rings (SSSR count). The van der Waals surface area contributed by atoms with E-state index in [0.29, 0.717) is 11.1 Å². The number of hydrogen-bond acceptors (Lipinski definition) is 2. The molecular formula is C11H21NOS. The second-order valence-electron chi connectivity index (χ2n) is 4.78. The first kappa shape index (κ1) is 11.9. The number of thiocarbonyl (C=S) groups is 1. The van der Waals surface area contributed by atoms with Gasteiger partial charge in [-0.25, -0.2) is 0 Å². The van der Waals surface area contributed by atoms with Crippen LogP contribution in [-0.2, 0) is 4.74 Å². The lowest BCUT2D eigenvalue weighted by atomic mass is 9.90. The van der Waals surface area contributed by atoms with Crippen LogP contribution in [0.2, 0.25) is 0 Å². The highest BCUT2D eigenvalue weighted by atomic mass is 32.1. The second-order valence-corrected chi connectivity index (χ2v) is 5.22. The van der Waals surface area contributed by atoms with E-state index in [-0.39, 0.29) is 5.41 Å². The third-order valence-electron chi connectivity index (χ3n) is 3.05. The van der Waals surface area contributed by atoms with Gasteiger partial charge in [-0.3, -0.25) is 0 Å². The van der Waals surface area contributed by atoms with Crippen LogP contribution < -0.4 is 5.73 Å². The normalized spacial score (nSPS) is 18.7. The van der Waals surface area contributed by atoms with Crippen LogP contribution >= 0.6 is 12.2 Å². The maximum atomic E-state index is 5.77. The maximum Gasteiger partial charge on any atom is 0.0785 e. The molecule has 0 atom stereocenters. The Morgan fingerprint density at radius 1 is 1.43 bits per heavy atom. The SMILES string of the molecule is CC(C)(CCOC1CCCC1)C(N)=S. The molecule has 0 aromatic rings. The van der Waals surface area contributed by atoms with E-state index in [1.54, 1.807) is 0 Å². The van der Waals surface area contributed by atoms with E-state index >= 15 is 0 Å². The van der Waals surface area contributed by atoms with Gasteiger partial charge in [0.25, 0.3) is 0 Å². The molecule has 1 saturated carbocycles. The largest absolute Gasteiger partial charge is 0.393 e. The van der Waals surface area contributed by atoms with Gasteiger partial charge in [-0.05, 0) is 19.3 Å². The highest BCUT2D eigenvalue weighted by molar-refractivity contribution is 7.80. The van der Waals surface area contributed by atoms with Gasteiger partial charge in [0.05, 0.1) is 11.1 Å². The summed E-state index contributed by atoms with van der Waals surface area (Å²) in [4.78, 5) is 0.590. The van der Waals surface area contributed by atoms with E-state index in [2.05, 4.69) is 13.8 Å². The Kier molecular flexibility index (Phi) is 4.32. The molecule has 0 spiro atoms. The smallest absolute Gasteiger partial charge is 0.0785 e. The van der Waals surface area contributed by atoms with Crippen molar-refractivity contribution in [2.24, 2.45) is 11.1 Å². The lowest BCUT2D eigenvalue weighted by molar-refractivity contribution is 0.0474. The Bertz CT molecular complexity index is 197. The molecule has 0 saturated heterocycles. The molecule has 0 radical (unpaired) electrons. The summed E-state index contributed by atoms with van der Waals surface area (Å²) < 4.78 is 5.77. The van der Waals surface area contributed by atoms with E-state index in [1.165, 1.54) is 25.7 Å².